The van der Waals surface area contributed by atoms with Crippen LogP contribution in [0.5, 0.6) is 0 Å². The van der Waals surface area contributed by atoms with Crippen LogP contribution in [0.4, 0.5) is 10.9 Å². The van der Waals surface area contributed by atoms with Gasteiger partial charge in [0.15, 0.2) is 0 Å². The van der Waals surface area contributed by atoms with Crippen molar-refractivity contribution in [1.29, 1.82) is 0 Å². The van der Waals surface area contributed by atoms with Crippen molar-refractivity contribution in [3.63, 3.8) is 0 Å². The van der Waals surface area contributed by atoms with Crippen LogP contribution in [0.15, 0.2) is 12.3 Å². The summed E-state index contributed by atoms with van der Waals surface area (Å²) in [6.45, 7) is 3.98. The van der Waals surface area contributed by atoms with Gasteiger partial charge in [0.25, 0.3) is 0 Å². The molecule has 2 aromatic rings. The van der Waals surface area contributed by atoms with Gasteiger partial charge < -0.3 is 10.6 Å². The predicted octanol–water partition coefficient (Wildman–Crippen LogP) is 1.47. The van der Waals surface area contributed by atoms with Crippen LogP contribution in [0.3, 0.4) is 0 Å². The van der Waals surface area contributed by atoms with Gasteiger partial charge in [-0.3, -0.25) is 4.68 Å². The highest BCUT2D eigenvalue weighted by atomic mass is 32.1. The summed E-state index contributed by atoms with van der Waals surface area (Å²) in [6.07, 6.45) is 4.10. The average Bonchev–Trinajstić information content (AvgIpc) is 2.98. The van der Waals surface area contributed by atoms with Crippen LogP contribution in [0.2, 0.25) is 0 Å². The van der Waals surface area contributed by atoms with E-state index < -0.39 is 0 Å². The topological polar surface area (TPSA) is 72.9 Å². The van der Waals surface area contributed by atoms with Gasteiger partial charge in [0.1, 0.15) is 10.8 Å². The number of hydrogen-bond acceptors (Lipinski definition) is 6. The zero-order valence-electron chi connectivity index (χ0n) is 10.3. The monoisotopic (exact) mass is 264 g/mol. The molecule has 0 saturated carbocycles. The molecule has 0 unspecified atom stereocenters. The Balaban J connectivity index is 1.64. The van der Waals surface area contributed by atoms with E-state index in [-0.39, 0.29) is 0 Å². The van der Waals surface area contributed by atoms with E-state index in [0.717, 1.165) is 36.1 Å². The largest absolute Gasteiger partial charge is 0.382 e. The summed E-state index contributed by atoms with van der Waals surface area (Å²) < 4.78 is 1.98. The summed E-state index contributed by atoms with van der Waals surface area (Å²) in [6, 6.07) is 2.30. The zero-order chi connectivity index (χ0) is 12.5. The standard InChI is InChI=1S/C11H16N6S/c1-8-13-14-11(18-8)16-5-2-9(3-6-16)17-7-4-10(12)15-17/h4,7,9H,2-3,5-6H2,1H3,(H2,12,15). The van der Waals surface area contributed by atoms with Gasteiger partial charge in [-0.15, -0.1) is 10.2 Å². The first-order valence-electron chi connectivity index (χ1n) is 6.08. The summed E-state index contributed by atoms with van der Waals surface area (Å²) in [4.78, 5) is 2.30. The van der Waals surface area contributed by atoms with Crippen molar-refractivity contribution in [2.24, 2.45) is 0 Å². The first-order chi connectivity index (χ1) is 8.72. The van der Waals surface area contributed by atoms with Crippen LogP contribution in [-0.4, -0.2) is 33.1 Å². The Morgan fingerprint density at radius 2 is 2.11 bits per heavy atom. The molecule has 3 heterocycles. The number of piperidine rings is 1. The molecule has 6 nitrogen and oxygen atoms in total. The Kier molecular flexibility index (Phi) is 2.91. The van der Waals surface area contributed by atoms with Crippen LogP contribution in [-0.2, 0) is 0 Å². The van der Waals surface area contributed by atoms with Crippen LogP contribution in [0.1, 0.15) is 23.9 Å². The third-order valence-corrected chi connectivity index (χ3v) is 4.15. The van der Waals surface area contributed by atoms with Crippen molar-refractivity contribution in [2.75, 3.05) is 23.7 Å². The molecule has 1 aliphatic rings. The molecule has 96 valence electrons. The fraction of sp³-hybridized carbons (Fsp3) is 0.545. The number of nitrogen functional groups attached to an aromatic ring is 1. The number of aromatic nitrogens is 4. The Morgan fingerprint density at radius 1 is 1.33 bits per heavy atom. The second-order valence-electron chi connectivity index (χ2n) is 4.54. The molecule has 7 heteroatoms. The number of nitrogens with two attached hydrogens (primary N) is 1. The van der Waals surface area contributed by atoms with E-state index in [4.69, 9.17) is 5.73 Å². The molecule has 2 aromatic heterocycles. The predicted molar refractivity (Wildman–Crippen MR) is 71.8 cm³/mol. The maximum atomic E-state index is 5.65. The number of hydrogen-bond donors (Lipinski definition) is 1. The Labute approximate surface area is 109 Å². The van der Waals surface area contributed by atoms with E-state index in [1.165, 1.54) is 0 Å². The molecule has 1 aliphatic heterocycles. The van der Waals surface area contributed by atoms with Gasteiger partial charge in [0.05, 0.1) is 6.04 Å². The third kappa shape index (κ3) is 2.17. The third-order valence-electron chi connectivity index (χ3n) is 3.25. The van der Waals surface area contributed by atoms with Gasteiger partial charge in [-0.05, 0) is 25.8 Å². The highest BCUT2D eigenvalue weighted by Crippen LogP contribution is 2.27. The highest BCUT2D eigenvalue weighted by Gasteiger charge is 2.22. The normalized spacial score (nSPS) is 17.3. The van der Waals surface area contributed by atoms with Crippen LogP contribution in [0.25, 0.3) is 0 Å². The number of aryl methyl sites for hydroxylation is 1. The molecule has 0 amide bonds. The quantitative estimate of drug-likeness (QED) is 0.889. The molecule has 0 radical (unpaired) electrons. The minimum absolute atomic E-state index is 0.451. The van der Waals surface area contributed by atoms with Crippen LogP contribution in [0, 0.1) is 6.92 Å². The highest BCUT2D eigenvalue weighted by molar-refractivity contribution is 7.15. The molecular formula is C11H16N6S. The first kappa shape index (κ1) is 11.5. The lowest BCUT2D eigenvalue weighted by Gasteiger charge is -2.31. The van der Waals surface area contributed by atoms with Crippen molar-refractivity contribution in [2.45, 2.75) is 25.8 Å². The fourth-order valence-electron chi connectivity index (χ4n) is 2.29. The zero-order valence-corrected chi connectivity index (χ0v) is 11.1. The maximum Gasteiger partial charge on any atom is 0.208 e. The fourth-order valence-corrected chi connectivity index (χ4v) is 3.03. The molecule has 0 aliphatic carbocycles. The smallest absolute Gasteiger partial charge is 0.208 e. The maximum absolute atomic E-state index is 5.65. The average molecular weight is 264 g/mol. The lowest BCUT2D eigenvalue weighted by Crippen LogP contribution is -2.34. The minimum atomic E-state index is 0.451. The van der Waals surface area contributed by atoms with E-state index in [9.17, 15) is 0 Å². The molecule has 0 aromatic carbocycles. The summed E-state index contributed by atoms with van der Waals surface area (Å²) in [5.41, 5.74) is 5.65. The molecule has 0 atom stereocenters. The van der Waals surface area contributed by atoms with Gasteiger partial charge in [-0.25, -0.2) is 0 Å². The molecule has 18 heavy (non-hydrogen) atoms. The molecule has 2 N–H and O–H groups in total. The summed E-state index contributed by atoms with van der Waals surface area (Å²) in [5.74, 6) is 0.595. The molecular weight excluding hydrogens is 248 g/mol. The Morgan fingerprint density at radius 3 is 2.67 bits per heavy atom. The van der Waals surface area contributed by atoms with Crippen molar-refractivity contribution < 1.29 is 0 Å². The van der Waals surface area contributed by atoms with Gasteiger partial charge >= 0.3 is 0 Å². The van der Waals surface area contributed by atoms with Crippen molar-refractivity contribution >= 4 is 22.3 Å². The van der Waals surface area contributed by atoms with Crippen molar-refractivity contribution in [3.05, 3.63) is 17.3 Å². The Bertz CT molecular complexity index is 477. The molecule has 0 bridgehead atoms. The lowest BCUT2D eigenvalue weighted by atomic mass is 10.1. The van der Waals surface area contributed by atoms with Gasteiger partial charge in [-0.2, -0.15) is 5.10 Å². The van der Waals surface area contributed by atoms with Crippen molar-refractivity contribution in [3.8, 4) is 0 Å². The second kappa shape index (κ2) is 4.56. The van der Waals surface area contributed by atoms with E-state index in [1.54, 1.807) is 11.3 Å². The molecule has 3 rings (SSSR count). The van der Waals surface area contributed by atoms with E-state index in [1.807, 2.05) is 23.9 Å². The number of rotatable bonds is 2. The minimum Gasteiger partial charge on any atom is -0.382 e. The van der Waals surface area contributed by atoms with Crippen LogP contribution < -0.4 is 10.6 Å². The first-order valence-corrected chi connectivity index (χ1v) is 6.90. The van der Waals surface area contributed by atoms with E-state index >= 15 is 0 Å². The van der Waals surface area contributed by atoms with Crippen molar-refractivity contribution in [1.82, 2.24) is 20.0 Å². The lowest BCUT2D eigenvalue weighted by molar-refractivity contribution is 0.367. The van der Waals surface area contributed by atoms with E-state index in [0.29, 0.717) is 11.9 Å². The Hall–Kier alpha value is -1.63. The summed E-state index contributed by atoms with van der Waals surface area (Å²) in [5, 5.41) is 14.6. The molecule has 1 fully saturated rings. The van der Waals surface area contributed by atoms with Gasteiger partial charge in [0, 0.05) is 19.3 Å². The molecule has 0 spiro atoms. The SMILES string of the molecule is Cc1nnc(N2CCC(n3ccc(N)n3)CC2)s1. The number of anilines is 2. The van der Waals surface area contributed by atoms with Gasteiger partial charge in [-0.1, -0.05) is 11.3 Å². The summed E-state index contributed by atoms with van der Waals surface area (Å²) in [7, 11) is 0. The van der Waals surface area contributed by atoms with Gasteiger partial charge in [0.2, 0.25) is 5.13 Å². The second-order valence-corrected chi connectivity index (χ2v) is 5.70. The summed E-state index contributed by atoms with van der Waals surface area (Å²) >= 11 is 1.66. The van der Waals surface area contributed by atoms with E-state index in [2.05, 4.69) is 20.2 Å². The number of nitrogens with zero attached hydrogens (tertiary/aromatic N) is 5. The van der Waals surface area contributed by atoms with Crippen LogP contribution >= 0.6 is 11.3 Å². The molecule has 1 saturated heterocycles.